The number of allylic oxidation sites excluding steroid dienone is 1. The summed E-state index contributed by atoms with van der Waals surface area (Å²) in [6, 6.07) is 14.6. The van der Waals surface area contributed by atoms with Crippen molar-refractivity contribution in [2.24, 2.45) is 0 Å². The molecule has 0 radical (unpaired) electrons. The lowest BCUT2D eigenvalue weighted by Crippen LogP contribution is -1.92. The van der Waals surface area contributed by atoms with Crippen LogP contribution in [0.25, 0.3) is 6.08 Å². The molecular formula is C20H22N2O4. The van der Waals surface area contributed by atoms with E-state index >= 15 is 0 Å². The number of methoxy groups -OCH3 is 1. The predicted octanol–water partition coefficient (Wildman–Crippen LogP) is 4.11. The number of nitrogens with zero attached hydrogens (tertiary/aromatic N) is 2. The Morgan fingerprint density at radius 2 is 1.77 bits per heavy atom. The molecule has 0 atom stereocenters. The van der Waals surface area contributed by atoms with Crippen molar-refractivity contribution >= 4 is 18.6 Å². The average Bonchev–Trinajstić information content (AvgIpc) is 2.65. The van der Waals surface area contributed by atoms with Gasteiger partial charge >= 0.3 is 0 Å². The van der Waals surface area contributed by atoms with E-state index in [9.17, 15) is 10.1 Å². The summed E-state index contributed by atoms with van der Waals surface area (Å²) in [6.45, 7) is 4.04. The van der Waals surface area contributed by atoms with Crippen LogP contribution in [0.1, 0.15) is 22.3 Å². The fraction of sp³-hybridized carbons (Fsp3) is 0.200. The smallest absolute Gasteiger partial charge is 0.287 e. The molecule has 0 heterocycles. The molecule has 0 aliphatic heterocycles. The fourth-order valence-corrected chi connectivity index (χ4v) is 1.96. The third-order valence-electron chi connectivity index (χ3n) is 3.12. The number of nitriles is 1. The van der Waals surface area contributed by atoms with Gasteiger partial charge in [-0.15, -0.1) is 0 Å². The molecule has 26 heavy (non-hydrogen) atoms. The van der Waals surface area contributed by atoms with Crippen molar-refractivity contribution in [2.75, 3.05) is 14.2 Å². The second-order valence-electron chi connectivity index (χ2n) is 5.15. The van der Waals surface area contributed by atoms with E-state index in [-0.39, 0.29) is 11.3 Å². The van der Waals surface area contributed by atoms with Gasteiger partial charge in [0.2, 0.25) is 0 Å². The fourth-order valence-electron chi connectivity index (χ4n) is 1.96. The summed E-state index contributed by atoms with van der Waals surface area (Å²) in [5, 5.41) is 19.7. The zero-order valence-electron chi connectivity index (χ0n) is 15.1. The number of carbonyl (C=O) groups excluding carboxylic acids is 1. The molecule has 0 saturated carbocycles. The normalized spacial score (nSPS) is 9.31. The van der Waals surface area contributed by atoms with E-state index < -0.39 is 4.92 Å². The number of nitro benzene ring substituents is 1. The van der Waals surface area contributed by atoms with Crippen LogP contribution in [0.5, 0.6) is 0 Å². The third-order valence-corrected chi connectivity index (χ3v) is 3.12. The number of carbonyl (C=O) groups is 1. The van der Waals surface area contributed by atoms with E-state index in [2.05, 4.69) is 29.0 Å². The third kappa shape index (κ3) is 7.99. The highest BCUT2D eigenvalue weighted by atomic mass is 16.6. The zero-order chi connectivity index (χ0) is 19.9. The van der Waals surface area contributed by atoms with Crippen LogP contribution in [0, 0.1) is 28.4 Å². The van der Waals surface area contributed by atoms with Gasteiger partial charge in [-0.1, -0.05) is 42.0 Å². The van der Waals surface area contributed by atoms with E-state index in [1.807, 2.05) is 31.9 Å². The van der Waals surface area contributed by atoms with Gasteiger partial charge in [-0.05, 0) is 36.6 Å². The molecule has 0 fully saturated rings. The number of benzene rings is 2. The Bertz CT molecular complexity index is 762. The van der Waals surface area contributed by atoms with Crippen molar-refractivity contribution in [2.45, 2.75) is 13.3 Å². The van der Waals surface area contributed by atoms with Gasteiger partial charge in [0, 0.05) is 20.3 Å². The predicted molar refractivity (Wildman–Crippen MR) is 102 cm³/mol. The minimum atomic E-state index is -0.543. The van der Waals surface area contributed by atoms with E-state index in [0.29, 0.717) is 0 Å². The number of aryl methyl sites for hydroxylation is 1. The summed E-state index contributed by atoms with van der Waals surface area (Å²) >= 11 is 0. The molecule has 2 aromatic rings. The lowest BCUT2D eigenvalue weighted by molar-refractivity contribution is -0.385. The molecule has 0 aliphatic carbocycles. The van der Waals surface area contributed by atoms with Gasteiger partial charge in [0.15, 0.2) is 0 Å². The lowest BCUT2D eigenvalue weighted by atomic mass is 10.1. The molecule has 2 rings (SSSR count). The summed E-state index contributed by atoms with van der Waals surface area (Å²) < 4.78 is 4.25. The van der Waals surface area contributed by atoms with Crippen LogP contribution in [0.2, 0.25) is 0 Å². The maximum atomic E-state index is 10.8. The largest absolute Gasteiger partial charge is 0.388 e. The van der Waals surface area contributed by atoms with E-state index in [1.165, 1.54) is 23.3 Å². The van der Waals surface area contributed by atoms with Crippen molar-refractivity contribution in [1.82, 2.24) is 0 Å². The molecule has 6 nitrogen and oxygen atoms in total. The molecule has 0 amide bonds. The summed E-state index contributed by atoms with van der Waals surface area (Å²) in [7, 11) is 3.25. The van der Waals surface area contributed by atoms with Crippen molar-refractivity contribution in [1.29, 1.82) is 5.26 Å². The topological polar surface area (TPSA) is 93.2 Å². The van der Waals surface area contributed by atoms with Crippen LogP contribution in [-0.2, 0) is 16.0 Å². The van der Waals surface area contributed by atoms with Crippen molar-refractivity contribution in [3.8, 4) is 6.07 Å². The summed E-state index contributed by atoms with van der Waals surface area (Å²) in [4.78, 5) is 18.2. The average molecular weight is 354 g/mol. The zero-order valence-corrected chi connectivity index (χ0v) is 15.1. The molecule has 0 N–H and O–H groups in total. The number of rotatable bonds is 4. The SMILES string of the molecule is C=O.COC.Cc1ccc(CC=Cc2ccc([N+](=O)[O-])c(C#N)c2)cc1. The van der Waals surface area contributed by atoms with Crippen molar-refractivity contribution in [3.63, 3.8) is 0 Å². The standard InChI is InChI=1S/C17H14N2O2.C2H6O.CH2O/c1-13-5-7-14(8-6-13)3-2-4-15-9-10-17(19(20)21)16(11-15)12-18;1-3-2;1-2/h2,4-11H,3H2,1H3;1-2H3;1H2. The Kier molecular flexibility index (Phi) is 11.4. The number of hydrogen-bond acceptors (Lipinski definition) is 5. The molecule has 6 heteroatoms. The van der Waals surface area contributed by atoms with Gasteiger partial charge < -0.3 is 9.53 Å². The molecule has 0 aliphatic rings. The van der Waals surface area contributed by atoms with Crippen LogP contribution >= 0.6 is 0 Å². The van der Waals surface area contributed by atoms with Gasteiger partial charge in [0.05, 0.1) is 4.92 Å². The Balaban J connectivity index is 0.00000113. The Morgan fingerprint density at radius 3 is 2.27 bits per heavy atom. The Labute approximate surface area is 153 Å². The van der Waals surface area contributed by atoms with Gasteiger partial charge in [-0.3, -0.25) is 10.1 Å². The molecule has 0 spiro atoms. The molecule has 0 aromatic heterocycles. The number of hydrogen-bond donors (Lipinski definition) is 0. The Morgan fingerprint density at radius 1 is 1.19 bits per heavy atom. The Hall–Kier alpha value is -3.30. The van der Waals surface area contributed by atoms with Gasteiger partial charge in [-0.2, -0.15) is 5.26 Å². The quantitative estimate of drug-likeness (QED) is 0.608. The maximum Gasteiger partial charge on any atom is 0.287 e. The lowest BCUT2D eigenvalue weighted by Gasteiger charge is -1.99. The molecule has 2 aromatic carbocycles. The van der Waals surface area contributed by atoms with Crippen LogP contribution in [0.3, 0.4) is 0 Å². The number of ether oxygens (including phenoxy) is 1. The first-order valence-electron chi connectivity index (χ1n) is 7.61. The molecular weight excluding hydrogens is 332 g/mol. The van der Waals surface area contributed by atoms with Gasteiger partial charge in [-0.25, -0.2) is 0 Å². The van der Waals surface area contributed by atoms with Crippen molar-refractivity contribution in [3.05, 3.63) is 80.9 Å². The highest BCUT2D eigenvalue weighted by Gasteiger charge is 2.12. The summed E-state index contributed by atoms with van der Waals surface area (Å²) in [5.41, 5.74) is 3.12. The van der Waals surface area contributed by atoms with E-state index in [1.54, 1.807) is 20.3 Å². The van der Waals surface area contributed by atoms with Crippen LogP contribution < -0.4 is 0 Å². The molecule has 136 valence electrons. The van der Waals surface area contributed by atoms with Crippen LogP contribution in [0.4, 0.5) is 5.69 Å². The molecule has 0 saturated heterocycles. The minimum Gasteiger partial charge on any atom is -0.388 e. The first kappa shape index (κ1) is 22.7. The second kappa shape index (κ2) is 13.0. The molecule has 0 unspecified atom stereocenters. The van der Waals surface area contributed by atoms with Crippen LogP contribution in [-0.4, -0.2) is 25.9 Å². The van der Waals surface area contributed by atoms with Crippen molar-refractivity contribution < 1.29 is 14.5 Å². The highest BCUT2D eigenvalue weighted by Crippen LogP contribution is 2.20. The van der Waals surface area contributed by atoms with Crippen LogP contribution in [0.15, 0.2) is 48.5 Å². The van der Waals surface area contributed by atoms with Gasteiger partial charge in [0.1, 0.15) is 18.4 Å². The molecule has 0 bridgehead atoms. The van der Waals surface area contributed by atoms with E-state index in [4.69, 9.17) is 10.1 Å². The first-order chi connectivity index (χ1) is 12.5. The number of nitro groups is 1. The summed E-state index contributed by atoms with van der Waals surface area (Å²) in [5.74, 6) is 0. The first-order valence-corrected chi connectivity index (χ1v) is 7.61. The van der Waals surface area contributed by atoms with Gasteiger partial charge in [0.25, 0.3) is 5.69 Å². The monoisotopic (exact) mass is 354 g/mol. The second-order valence-corrected chi connectivity index (χ2v) is 5.15. The van der Waals surface area contributed by atoms with E-state index in [0.717, 1.165) is 12.0 Å². The summed E-state index contributed by atoms with van der Waals surface area (Å²) in [6.07, 6.45) is 4.62. The minimum absolute atomic E-state index is 0.0810. The highest BCUT2D eigenvalue weighted by molar-refractivity contribution is 5.59. The maximum absolute atomic E-state index is 10.8.